The van der Waals surface area contributed by atoms with Gasteiger partial charge in [-0.25, -0.2) is 4.98 Å². The minimum Gasteiger partial charge on any atom is -0.490 e. The molecule has 0 fully saturated rings. The van der Waals surface area contributed by atoms with E-state index >= 15 is 0 Å². The third kappa shape index (κ3) is 5.80. The van der Waals surface area contributed by atoms with Crippen LogP contribution in [0.25, 0.3) is 0 Å². The van der Waals surface area contributed by atoms with E-state index in [-0.39, 0.29) is 42.7 Å². The monoisotopic (exact) mass is 393 g/mol. The van der Waals surface area contributed by atoms with Crippen LogP contribution in [-0.4, -0.2) is 24.1 Å². The van der Waals surface area contributed by atoms with Crippen molar-refractivity contribution in [1.29, 1.82) is 0 Å². The number of nitrogens with one attached hydrogen (secondary N) is 1. The SMILES string of the molecule is CCOc1cccc(CNC(=O)c2csc(CN)n2)c1OC(F)F.Cl. The van der Waals surface area contributed by atoms with Crippen LogP contribution in [0, 0.1) is 0 Å². The second-order valence-electron chi connectivity index (χ2n) is 4.57. The van der Waals surface area contributed by atoms with Crippen LogP contribution in [0.15, 0.2) is 23.6 Å². The van der Waals surface area contributed by atoms with E-state index in [1.54, 1.807) is 24.4 Å². The summed E-state index contributed by atoms with van der Waals surface area (Å²) in [4.78, 5) is 16.1. The molecule has 0 aliphatic carbocycles. The van der Waals surface area contributed by atoms with E-state index in [0.717, 1.165) is 0 Å². The van der Waals surface area contributed by atoms with Gasteiger partial charge in [0.05, 0.1) is 6.61 Å². The summed E-state index contributed by atoms with van der Waals surface area (Å²) in [6.07, 6.45) is 0. The predicted octanol–water partition coefficient (Wildman–Crippen LogP) is 2.95. The van der Waals surface area contributed by atoms with Crippen LogP contribution in [0.5, 0.6) is 11.5 Å². The van der Waals surface area contributed by atoms with Gasteiger partial charge in [0.1, 0.15) is 10.7 Å². The zero-order chi connectivity index (χ0) is 17.5. The van der Waals surface area contributed by atoms with Gasteiger partial charge in [-0.1, -0.05) is 12.1 Å². The molecule has 3 N–H and O–H groups in total. The van der Waals surface area contributed by atoms with Crippen LogP contribution in [0.3, 0.4) is 0 Å². The highest BCUT2D eigenvalue weighted by molar-refractivity contribution is 7.09. The van der Waals surface area contributed by atoms with E-state index in [9.17, 15) is 13.6 Å². The largest absolute Gasteiger partial charge is 0.490 e. The van der Waals surface area contributed by atoms with Crippen molar-refractivity contribution < 1.29 is 23.0 Å². The van der Waals surface area contributed by atoms with Crippen LogP contribution in [-0.2, 0) is 13.1 Å². The summed E-state index contributed by atoms with van der Waals surface area (Å²) < 4.78 is 35.1. The number of nitrogens with two attached hydrogens (primary N) is 1. The molecule has 1 heterocycles. The molecule has 1 aromatic heterocycles. The summed E-state index contributed by atoms with van der Waals surface area (Å²) in [5.41, 5.74) is 6.07. The smallest absolute Gasteiger partial charge is 0.387 e. The molecule has 0 atom stereocenters. The van der Waals surface area contributed by atoms with E-state index in [1.165, 1.54) is 17.4 Å². The zero-order valence-corrected chi connectivity index (χ0v) is 15.0. The normalized spacial score (nSPS) is 10.3. The van der Waals surface area contributed by atoms with Crippen molar-refractivity contribution in [2.45, 2.75) is 26.6 Å². The Balaban J connectivity index is 0.00000312. The Morgan fingerprint density at radius 2 is 2.20 bits per heavy atom. The molecule has 0 saturated carbocycles. The van der Waals surface area contributed by atoms with Gasteiger partial charge in [-0.2, -0.15) is 8.78 Å². The Kier molecular flexibility index (Phi) is 8.53. The molecular weight excluding hydrogens is 376 g/mol. The van der Waals surface area contributed by atoms with Crippen molar-refractivity contribution in [1.82, 2.24) is 10.3 Å². The molecule has 138 valence electrons. The van der Waals surface area contributed by atoms with Crippen molar-refractivity contribution in [3.8, 4) is 11.5 Å². The van der Waals surface area contributed by atoms with Gasteiger partial charge in [-0.3, -0.25) is 4.79 Å². The maximum absolute atomic E-state index is 12.6. The molecule has 2 rings (SSSR count). The molecule has 0 aliphatic heterocycles. The van der Waals surface area contributed by atoms with Gasteiger partial charge in [0.15, 0.2) is 11.5 Å². The Morgan fingerprint density at radius 1 is 1.44 bits per heavy atom. The topological polar surface area (TPSA) is 86.5 Å². The maximum Gasteiger partial charge on any atom is 0.387 e. The number of thiazole rings is 1. The summed E-state index contributed by atoms with van der Waals surface area (Å²) in [6.45, 7) is -0.710. The summed E-state index contributed by atoms with van der Waals surface area (Å²) in [5.74, 6) is -0.310. The number of aromatic nitrogens is 1. The second kappa shape index (κ2) is 10.1. The molecular formula is C15H18ClF2N3O3S. The number of rotatable bonds is 8. The fourth-order valence-electron chi connectivity index (χ4n) is 1.97. The quantitative estimate of drug-likeness (QED) is 0.720. The molecule has 0 bridgehead atoms. The summed E-state index contributed by atoms with van der Waals surface area (Å²) in [7, 11) is 0. The third-order valence-corrected chi connectivity index (χ3v) is 3.84. The van der Waals surface area contributed by atoms with Gasteiger partial charge in [0.25, 0.3) is 5.91 Å². The summed E-state index contributed by atoms with van der Waals surface area (Å²) in [5, 5.41) is 4.85. The zero-order valence-electron chi connectivity index (χ0n) is 13.3. The Morgan fingerprint density at radius 3 is 2.80 bits per heavy atom. The van der Waals surface area contributed by atoms with Gasteiger partial charge in [0, 0.05) is 24.0 Å². The molecule has 0 radical (unpaired) electrons. The van der Waals surface area contributed by atoms with E-state index in [0.29, 0.717) is 17.2 Å². The number of halogens is 3. The fraction of sp³-hybridized carbons (Fsp3) is 0.333. The molecule has 0 aliphatic rings. The van der Waals surface area contributed by atoms with Gasteiger partial charge < -0.3 is 20.5 Å². The lowest BCUT2D eigenvalue weighted by molar-refractivity contribution is -0.0520. The first-order valence-electron chi connectivity index (χ1n) is 7.17. The number of carbonyl (C=O) groups excluding carboxylic acids is 1. The third-order valence-electron chi connectivity index (χ3n) is 2.97. The number of carbonyl (C=O) groups is 1. The van der Waals surface area contributed by atoms with Gasteiger partial charge in [0.2, 0.25) is 0 Å². The number of nitrogens with zero attached hydrogens (tertiary/aromatic N) is 1. The van der Waals surface area contributed by atoms with Crippen LogP contribution in [0.1, 0.15) is 28.0 Å². The summed E-state index contributed by atoms with van der Waals surface area (Å²) >= 11 is 1.28. The number of hydrogen-bond acceptors (Lipinski definition) is 6. The number of alkyl halides is 2. The highest BCUT2D eigenvalue weighted by Crippen LogP contribution is 2.32. The van der Waals surface area contributed by atoms with Gasteiger partial charge >= 0.3 is 6.61 Å². The van der Waals surface area contributed by atoms with Crippen molar-refractivity contribution in [3.63, 3.8) is 0 Å². The van der Waals surface area contributed by atoms with Crippen LogP contribution >= 0.6 is 23.7 Å². The average Bonchev–Trinajstić information content (AvgIpc) is 3.04. The Hall–Kier alpha value is -1.97. The van der Waals surface area contributed by atoms with Crippen molar-refractivity contribution in [3.05, 3.63) is 39.8 Å². The van der Waals surface area contributed by atoms with Crippen LogP contribution < -0.4 is 20.5 Å². The Bertz CT molecular complexity index is 700. The second-order valence-corrected chi connectivity index (χ2v) is 5.51. The number of para-hydroxylation sites is 1. The molecule has 25 heavy (non-hydrogen) atoms. The number of benzene rings is 1. The van der Waals surface area contributed by atoms with Crippen LogP contribution in [0.2, 0.25) is 0 Å². The minimum atomic E-state index is -2.99. The molecule has 2 aromatic rings. The van der Waals surface area contributed by atoms with Crippen molar-refractivity contribution in [2.75, 3.05) is 6.61 Å². The first-order chi connectivity index (χ1) is 11.5. The van der Waals surface area contributed by atoms with E-state index in [1.807, 2.05) is 0 Å². The molecule has 10 heteroatoms. The lowest BCUT2D eigenvalue weighted by Gasteiger charge is -2.15. The van der Waals surface area contributed by atoms with E-state index in [4.69, 9.17) is 10.5 Å². The average molecular weight is 394 g/mol. The number of hydrogen-bond donors (Lipinski definition) is 2. The first-order valence-corrected chi connectivity index (χ1v) is 8.05. The lowest BCUT2D eigenvalue weighted by atomic mass is 10.2. The van der Waals surface area contributed by atoms with E-state index < -0.39 is 12.5 Å². The lowest BCUT2D eigenvalue weighted by Crippen LogP contribution is -2.24. The maximum atomic E-state index is 12.6. The summed E-state index contributed by atoms with van der Waals surface area (Å²) in [6, 6.07) is 4.74. The minimum absolute atomic E-state index is 0. The van der Waals surface area contributed by atoms with Crippen molar-refractivity contribution >= 4 is 29.7 Å². The predicted molar refractivity (Wildman–Crippen MR) is 92.7 cm³/mol. The number of ether oxygens (including phenoxy) is 2. The Labute approximate surface area is 153 Å². The molecule has 1 amide bonds. The van der Waals surface area contributed by atoms with Gasteiger partial charge in [-0.05, 0) is 13.0 Å². The highest BCUT2D eigenvalue weighted by Gasteiger charge is 2.17. The molecule has 0 saturated heterocycles. The molecule has 1 aromatic carbocycles. The molecule has 6 nitrogen and oxygen atoms in total. The standard InChI is InChI=1S/C15H17F2N3O3S.ClH/c1-2-22-11-5-3-4-9(13(11)23-15(16)17)7-19-14(21)10-8-24-12(6-18)20-10;/h3-5,8,15H,2,6-7,18H2,1H3,(H,19,21);1H. The molecule has 0 unspecified atom stereocenters. The van der Waals surface area contributed by atoms with Gasteiger partial charge in [-0.15, -0.1) is 23.7 Å². The highest BCUT2D eigenvalue weighted by atomic mass is 35.5. The van der Waals surface area contributed by atoms with Crippen LogP contribution in [0.4, 0.5) is 8.78 Å². The molecule has 0 spiro atoms. The number of amides is 1. The van der Waals surface area contributed by atoms with Crippen molar-refractivity contribution in [2.24, 2.45) is 5.73 Å². The van der Waals surface area contributed by atoms with E-state index in [2.05, 4.69) is 15.0 Å². The fourth-order valence-corrected chi connectivity index (χ4v) is 2.62. The first kappa shape index (κ1) is 21.1.